The van der Waals surface area contributed by atoms with Crippen molar-refractivity contribution in [2.45, 2.75) is 32.4 Å². The lowest BCUT2D eigenvalue weighted by atomic mass is 10.2. The second kappa shape index (κ2) is 4.39. The number of benzene rings is 1. The highest BCUT2D eigenvalue weighted by atomic mass is 19.4. The zero-order chi connectivity index (χ0) is 12.5. The van der Waals surface area contributed by atoms with Gasteiger partial charge in [-0.25, -0.2) is 4.98 Å². The Hall–Kier alpha value is -1.52. The summed E-state index contributed by atoms with van der Waals surface area (Å²) in [6.07, 6.45) is -1.77. The highest BCUT2D eigenvalue weighted by molar-refractivity contribution is 5.73. The van der Waals surface area contributed by atoms with E-state index in [4.69, 9.17) is 4.42 Å². The van der Waals surface area contributed by atoms with Crippen molar-refractivity contribution >= 4 is 11.1 Å². The largest absolute Gasteiger partial charge is 0.441 e. The summed E-state index contributed by atoms with van der Waals surface area (Å²) in [7, 11) is 0. The van der Waals surface area contributed by atoms with Gasteiger partial charge >= 0.3 is 6.18 Å². The van der Waals surface area contributed by atoms with Gasteiger partial charge in [0.25, 0.3) is 0 Å². The average Bonchev–Trinajstić information content (AvgIpc) is 2.66. The molecule has 0 saturated carbocycles. The molecule has 0 radical (unpaired) electrons. The van der Waals surface area contributed by atoms with Crippen molar-refractivity contribution < 1.29 is 17.6 Å². The van der Waals surface area contributed by atoms with Gasteiger partial charge in [0, 0.05) is 6.42 Å². The van der Waals surface area contributed by atoms with Gasteiger partial charge in [-0.05, 0) is 24.6 Å². The van der Waals surface area contributed by atoms with Gasteiger partial charge in [-0.15, -0.1) is 0 Å². The summed E-state index contributed by atoms with van der Waals surface area (Å²) in [6, 6.07) is 3.35. The lowest BCUT2D eigenvalue weighted by Gasteiger charge is -2.04. The first-order chi connectivity index (χ1) is 8.00. The molecule has 0 atom stereocenters. The van der Waals surface area contributed by atoms with E-state index in [2.05, 4.69) is 4.98 Å². The molecule has 0 amide bonds. The molecular weight excluding hydrogens is 231 g/mol. The maximum atomic E-state index is 12.5. The number of aryl methyl sites for hydroxylation is 1. The number of nitrogens with zero attached hydrogens (tertiary/aromatic N) is 1. The number of halogens is 3. The molecule has 0 aliphatic heterocycles. The molecule has 0 saturated heterocycles. The van der Waals surface area contributed by atoms with Gasteiger partial charge in [0.1, 0.15) is 5.52 Å². The van der Waals surface area contributed by atoms with Gasteiger partial charge in [-0.2, -0.15) is 13.2 Å². The Morgan fingerprint density at radius 3 is 2.71 bits per heavy atom. The highest BCUT2D eigenvalue weighted by Gasteiger charge is 2.30. The lowest BCUT2D eigenvalue weighted by molar-refractivity contribution is -0.137. The molecule has 1 aromatic carbocycles. The maximum absolute atomic E-state index is 12.5. The fourth-order valence-corrected chi connectivity index (χ4v) is 1.59. The first kappa shape index (κ1) is 12.0. The molecule has 2 aromatic rings. The number of fused-ring (bicyclic) bond motifs is 1. The summed E-state index contributed by atoms with van der Waals surface area (Å²) in [5, 5.41) is 0. The molecule has 1 heterocycles. The molecule has 5 heteroatoms. The molecule has 0 unspecified atom stereocenters. The predicted molar refractivity (Wildman–Crippen MR) is 57.6 cm³/mol. The van der Waals surface area contributed by atoms with Crippen LogP contribution in [-0.4, -0.2) is 4.98 Å². The fourth-order valence-electron chi connectivity index (χ4n) is 1.59. The Morgan fingerprint density at radius 1 is 1.29 bits per heavy atom. The van der Waals surface area contributed by atoms with Gasteiger partial charge in [0.05, 0.1) is 5.56 Å². The minimum atomic E-state index is -4.34. The van der Waals surface area contributed by atoms with Crippen molar-refractivity contribution in [1.29, 1.82) is 0 Å². The summed E-state index contributed by atoms with van der Waals surface area (Å²) in [4.78, 5) is 4.06. The van der Waals surface area contributed by atoms with Crippen LogP contribution in [-0.2, 0) is 12.6 Å². The van der Waals surface area contributed by atoms with Crippen molar-refractivity contribution in [1.82, 2.24) is 4.98 Å². The number of aromatic nitrogens is 1. The van der Waals surface area contributed by atoms with Gasteiger partial charge in [0.2, 0.25) is 0 Å². The van der Waals surface area contributed by atoms with Crippen molar-refractivity contribution in [2.24, 2.45) is 0 Å². The van der Waals surface area contributed by atoms with Crippen LogP contribution in [0.5, 0.6) is 0 Å². The average molecular weight is 243 g/mol. The third-order valence-electron chi connectivity index (χ3n) is 2.50. The minimum Gasteiger partial charge on any atom is -0.441 e. The molecule has 0 fully saturated rings. The SMILES string of the molecule is CCCCc1nc2cc(C(F)(F)F)ccc2o1. The molecule has 2 rings (SSSR count). The topological polar surface area (TPSA) is 26.0 Å². The molecule has 0 spiro atoms. The zero-order valence-electron chi connectivity index (χ0n) is 9.34. The highest BCUT2D eigenvalue weighted by Crippen LogP contribution is 2.31. The van der Waals surface area contributed by atoms with Gasteiger partial charge in [-0.3, -0.25) is 0 Å². The number of alkyl halides is 3. The molecule has 0 aliphatic rings. The van der Waals surface area contributed by atoms with E-state index < -0.39 is 11.7 Å². The summed E-state index contributed by atoms with van der Waals surface area (Å²) >= 11 is 0. The van der Waals surface area contributed by atoms with Crippen LogP contribution in [0.2, 0.25) is 0 Å². The second-order valence-electron chi connectivity index (χ2n) is 3.89. The summed E-state index contributed by atoms with van der Waals surface area (Å²) in [6.45, 7) is 2.03. The van der Waals surface area contributed by atoms with Crippen molar-refractivity contribution in [3.05, 3.63) is 29.7 Å². The van der Waals surface area contributed by atoms with Gasteiger partial charge < -0.3 is 4.42 Å². The fraction of sp³-hybridized carbons (Fsp3) is 0.417. The van der Waals surface area contributed by atoms with Crippen LogP contribution >= 0.6 is 0 Å². The number of unbranched alkanes of at least 4 members (excludes halogenated alkanes) is 1. The lowest BCUT2D eigenvalue weighted by Crippen LogP contribution is -2.03. The van der Waals surface area contributed by atoms with Crippen molar-refractivity contribution in [2.75, 3.05) is 0 Å². The summed E-state index contributed by atoms with van der Waals surface area (Å²) in [5.74, 6) is 0.501. The number of hydrogen-bond donors (Lipinski definition) is 0. The zero-order valence-corrected chi connectivity index (χ0v) is 9.34. The van der Waals surface area contributed by atoms with Gasteiger partial charge in [0.15, 0.2) is 11.5 Å². The van der Waals surface area contributed by atoms with Crippen LogP contribution < -0.4 is 0 Å². The smallest absolute Gasteiger partial charge is 0.416 e. The summed E-state index contributed by atoms with van der Waals surface area (Å²) < 4.78 is 42.8. The van der Waals surface area contributed by atoms with Crippen molar-refractivity contribution in [3.63, 3.8) is 0 Å². The van der Waals surface area contributed by atoms with E-state index in [1.54, 1.807) is 0 Å². The van der Waals surface area contributed by atoms with Crippen molar-refractivity contribution in [3.8, 4) is 0 Å². The van der Waals surface area contributed by atoms with Crippen LogP contribution in [0.4, 0.5) is 13.2 Å². The van der Waals surface area contributed by atoms with E-state index in [9.17, 15) is 13.2 Å². The van der Waals surface area contributed by atoms with E-state index in [1.807, 2.05) is 6.92 Å². The molecule has 2 nitrogen and oxygen atoms in total. The van der Waals surface area contributed by atoms with E-state index in [0.29, 0.717) is 17.9 Å². The third kappa shape index (κ3) is 2.60. The van der Waals surface area contributed by atoms with E-state index >= 15 is 0 Å². The second-order valence-corrected chi connectivity index (χ2v) is 3.89. The minimum absolute atomic E-state index is 0.269. The normalized spacial score (nSPS) is 12.2. The Bertz CT molecular complexity index is 516. The predicted octanol–water partition coefficient (Wildman–Crippen LogP) is 4.19. The quantitative estimate of drug-likeness (QED) is 0.807. The molecule has 0 aliphatic carbocycles. The molecule has 92 valence electrons. The maximum Gasteiger partial charge on any atom is 0.416 e. The van der Waals surface area contributed by atoms with Crippen LogP contribution in [0.15, 0.2) is 22.6 Å². The molecule has 0 N–H and O–H groups in total. The molecular formula is C12H12F3NO. The molecule has 1 aromatic heterocycles. The molecule has 17 heavy (non-hydrogen) atoms. The number of oxazole rings is 1. The molecule has 0 bridgehead atoms. The standard InChI is InChI=1S/C12H12F3NO/c1-2-3-4-11-16-9-7-8(12(13,14)15)5-6-10(9)17-11/h5-7H,2-4H2,1H3. The Kier molecular flexibility index (Phi) is 3.09. The van der Waals surface area contributed by atoms with Crippen LogP contribution in [0.3, 0.4) is 0 Å². The monoisotopic (exact) mass is 243 g/mol. The number of hydrogen-bond acceptors (Lipinski definition) is 2. The third-order valence-corrected chi connectivity index (χ3v) is 2.50. The van der Waals surface area contributed by atoms with E-state index in [0.717, 1.165) is 25.0 Å². The summed E-state index contributed by atoms with van der Waals surface area (Å²) in [5.41, 5.74) is -0.0182. The van der Waals surface area contributed by atoms with Crippen LogP contribution in [0.25, 0.3) is 11.1 Å². The van der Waals surface area contributed by atoms with Crippen LogP contribution in [0.1, 0.15) is 31.2 Å². The first-order valence-electron chi connectivity index (χ1n) is 5.47. The van der Waals surface area contributed by atoms with Gasteiger partial charge in [-0.1, -0.05) is 13.3 Å². The van der Waals surface area contributed by atoms with Crippen LogP contribution in [0, 0.1) is 0 Å². The Labute approximate surface area is 96.4 Å². The number of rotatable bonds is 3. The van der Waals surface area contributed by atoms with E-state index in [1.165, 1.54) is 6.07 Å². The first-order valence-corrected chi connectivity index (χ1v) is 5.47. The Balaban J connectivity index is 2.34. The Morgan fingerprint density at radius 2 is 2.06 bits per heavy atom. The van der Waals surface area contributed by atoms with E-state index in [-0.39, 0.29) is 5.52 Å².